The molecule has 0 spiro atoms. The molecule has 0 heterocycles. The maximum atomic E-state index is 13.7. The summed E-state index contributed by atoms with van der Waals surface area (Å²) in [5.74, 6) is -1.70. The second-order valence-corrected chi connectivity index (χ2v) is 5.00. The molecule has 0 unspecified atom stereocenters. The molecule has 0 saturated heterocycles. The Hall–Kier alpha value is -1.20. The van der Waals surface area contributed by atoms with Gasteiger partial charge in [-0.1, -0.05) is 41.9 Å². The van der Waals surface area contributed by atoms with Crippen LogP contribution >= 0.6 is 24.0 Å². The van der Waals surface area contributed by atoms with Crippen LogP contribution in [0.5, 0.6) is 0 Å². The van der Waals surface area contributed by atoms with Crippen molar-refractivity contribution in [2.45, 2.75) is 18.6 Å². The van der Waals surface area contributed by atoms with Crippen LogP contribution in [0.3, 0.4) is 0 Å². The first-order chi connectivity index (χ1) is 9.49. The van der Waals surface area contributed by atoms with Crippen molar-refractivity contribution >= 4 is 24.0 Å². The number of hydrogen-bond donors (Lipinski definition) is 2. The highest BCUT2D eigenvalue weighted by Gasteiger charge is 2.24. The van der Waals surface area contributed by atoms with Crippen LogP contribution in [0.4, 0.5) is 8.78 Å². The van der Waals surface area contributed by atoms with E-state index in [0.717, 1.165) is 17.7 Å². The first-order valence-corrected chi connectivity index (χ1v) is 6.49. The highest BCUT2D eigenvalue weighted by atomic mass is 35.5. The predicted molar refractivity (Wildman–Crippen MR) is 81.7 cm³/mol. The average Bonchev–Trinajstić information content (AvgIpc) is 2.38. The van der Waals surface area contributed by atoms with Gasteiger partial charge in [0, 0.05) is 17.0 Å². The van der Waals surface area contributed by atoms with Gasteiger partial charge in [0.25, 0.3) is 0 Å². The number of nitrogens with two attached hydrogens (primary N) is 1. The Balaban J connectivity index is 0.00000220. The zero-order valence-electron chi connectivity index (χ0n) is 11.0. The number of halogens is 4. The standard InChI is InChI=1S/C15H14ClF2NO.ClH/c16-10-7-11(17)14(12(18)8-10)15(19)13(20)6-9-4-2-1-3-5-9;/h1-5,7-8,13,15,20H,6,19H2;1H/t13-,15-;/m0./s1. The van der Waals surface area contributed by atoms with E-state index in [0.29, 0.717) is 0 Å². The highest BCUT2D eigenvalue weighted by molar-refractivity contribution is 6.30. The maximum Gasteiger partial charge on any atom is 0.132 e. The smallest absolute Gasteiger partial charge is 0.132 e. The van der Waals surface area contributed by atoms with Crippen LogP contribution in [0.2, 0.25) is 5.02 Å². The van der Waals surface area contributed by atoms with Gasteiger partial charge in [0.2, 0.25) is 0 Å². The molecule has 0 aliphatic rings. The first-order valence-electron chi connectivity index (χ1n) is 6.11. The number of aliphatic hydroxyl groups excluding tert-OH is 1. The fraction of sp³-hybridized carbons (Fsp3) is 0.200. The minimum absolute atomic E-state index is 0. The van der Waals surface area contributed by atoms with E-state index in [1.807, 2.05) is 30.3 Å². The summed E-state index contributed by atoms with van der Waals surface area (Å²) in [7, 11) is 0. The Bertz CT molecular complexity index is 572. The quantitative estimate of drug-likeness (QED) is 0.897. The molecule has 0 aliphatic heterocycles. The molecule has 2 aromatic carbocycles. The molecule has 0 aliphatic carbocycles. The van der Waals surface area contributed by atoms with Gasteiger partial charge in [-0.25, -0.2) is 8.78 Å². The van der Waals surface area contributed by atoms with Gasteiger partial charge < -0.3 is 10.8 Å². The molecular weight excluding hydrogens is 319 g/mol. The Labute approximate surface area is 133 Å². The molecule has 21 heavy (non-hydrogen) atoms. The minimum atomic E-state index is -1.16. The molecule has 0 fully saturated rings. The molecule has 2 nitrogen and oxygen atoms in total. The van der Waals surface area contributed by atoms with Crippen molar-refractivity contribution in [1.29, 1.82) is 0 Å². The van der Waals surface area contributed by atoms with Crippen molar-refractivity contribution in [3.05, 3.63) is 70.2 Å². The summed E-state index contributed by atoms with van der Waals surface area (Å²) in [6.45, 7) is 0. The number of rotatable bonds is 4. The lowest BCUT2D eigenvalue weighted by Crippen LogP contribution is -2.29. The van der Waals surface area contributed by atoms with E-state index >= 15 is 0 Å². The second-order valence-electron chi connectivity index (χ2n) is 4.57. The summed E-state index contributed by atoms with van der Waals surface area (Å²) in [6.07, 6.45) is -0.883. The number of benzene rings is 2. The summed E-state index contributed by atoms with van der Waals surface area (Å²) in [5, 5.41) is 10.0. The monoisotopic (exact) mass is 333 g/mol. The minimum Gasteiger partial charge on any atom is -0.391 e. The van der Waals surface area contributed by atoms with Gasteiger partial charge in [-0.05, 0) is 17.7 Å². The molecule has 0 amide bonds. The lowest BCUT2D eigenvalue weighted by Gasteiger charge is -2.20. The summed E-state index contributed by atoms with van der Waals surface area (Å²) in [4.78, 5) is 0. The Morgan fingerprint density at radius 3 is 2.14 bits per heavy atom. The van der Waals surface area contributed by atoms with Crippen LogP contribution in [0.25, 0.3) is 0 Å². The molecule has 0 saturated carbocycles. The SMILES string of the molecule is Cl.N[C@H](c1c(F)cc(Cl)cc1F)[C@@H](O)Cc1ccccc1. The molecule has 0 aromatic heterocycles. The predicted octanol–water partition coefficient (Wildman–Crippen LogP) is 3.64. The van der Waals surface area contributed by atoms with Gasteiger partial charge in [-0.3, -0.25) is 0 Å². The van der Waals surface area contributed by atoms with Crippen LogP contribution in [0.1, 0.15) is 17.2 Å². The normalized spacial score (nSPS) is 13.4. The number of hydrogen-bond acceptors (Lipinski definition) is 2. The van der Waals surface area contributed by atoms with Crippen LogP contribution in [-0.4, -0.2) is 11.2 Å². The molecule has 2 aromatic rings. The topological polar surface area (TPSA) is 46.2 Å². The Morgan fingerprint density at radius 1 is 1.10 bits per heavy atom. The third kappa shape index (κ3) is 4.38. The van der Waals surface area contributed by atoms with E-state index in [9.17, 15) is 13.9 Å². The van der Waals surface area contributed by atoms with Gasteiger partial charge in [-0.15, -0.1) is 12.4 Å². The van der Waals surface area contributed by atoms with Crippen molar-refractivity contribution in [2.24, 2.45) is 5.73 Å². The van der Waals surface area contributed by atoms with Crippen molar-refractivity contribution in [2.75, 3.05) is 0 Å². The van der Waals surface area contributed by atoms with Crippen molar-refractivity contribution in [1.82, 2.24) is 0 Å². The van der Waals surface area contributed by atoms with Crippen LogP contribution in [0, 0.1) is 11.6 Å². The van der Waals surface area contributed by atoms with Gasteiger partial charge in [0.05, 0.1) is 12.1 Å². The second kappa shape index (κ2) is 7.71. The highest BCUT2D eigenvalue weighted by Crippen LogP contribution is 2.26. The van der Waals surface area contributed by atoms with E-state index in [1.165, 1.54) is 0 Å². The van der Waals surface area contributed by atoms with Gasteiger partial charge >= 0.3 is 0 Å². The van der Waals surface area contributed by atoms with E-state index in [-0.39, 0.29) is 29.4 Å². The van der Waals surface area contributed by atoms with E-state index in [4.69, 9.17) is 17.3 Å². The fourth-order valence-corrected chi connectivity index (χ4v) is 2.24. The molecule has 0 bridgehead atoms. The zero-order valence-corrected chi connectivity index (χ0v) is 12.5. The Morgan fingerprint density at radius 2 is 1.62 bits per heavy atom. The third-order valence-electron chi connectivity index (χ3n) is 3.08. The lowest BCUT2D eigenvalue weighted by atomic mass is 9.96. The van der Waals surface area contributed by atoms with Crippen LogP contribution < -0.4 is 5.73 Å². The van der Waals surface area contributed by atoms with Crippen molar-refractivity contribution in [3.63, 3.8) is 0 Å². The lowest BCUT2D eigenvalue weighted by molar-refractivity contribution is 0.141. The number of aliphatic hydroxyl groups is 1. The summed E-state index contributed by atoms with van der Waals surface area (Å²) >= 11 is 5.55. The molecule has 114 valence electrons. The summed E-state index contributed by atoms with van der Waals surface area (Å²) < 4.78 is 27.5. The van der Waals surface area contributed by atoms with Crippen LogP contribution in [0.15, 0.2) is 42.5 Å². The molecule has 0 radical (unpaired) electrons. The summed E-state index contributed by atoms with van der Waals surface area (Å²) in [6, 6.07) is 9.90. The molecule has 2 atom stereocenters. The average molecular weight is 334 g/mol. The van der Waals surface area contributed by atoms with Gasteiger partial charge in [-0.2, -0.15) is 0 Å². The van der Waals surface area contributed by atoms with Crippen molar-refractivity contribution < 1.29 is 13.9 Å². The van der Waals surface area contributed by atoms with Crippen LogP contribution in [-0.2, 0) is 6.42 Å². The van der Waals surface area contributed by atoms with Gasteiger partial charge in [0.1, 0.15) is 11.6 Å². The molecule has 2 rings (SSSR count). The third-order valence-corrected chi connectivity index (χ3v) is 3.30. The van der Waals surface area contributed by atoms with Gasteiger partial charge in [0.15, 0.2) is 0 Å². The van der Waals surface area contributed by atoms with E-state index in [1.54, 1.807) is 0 Å². The molecule has 6 heteroatoms. The zero-order chi connectivity index (χ0) is 14.7. The first kappa shape index (κ1) is 17.9. The largest absolute Gasteiger partial charge is 0.391 e. The Kier molecular flexibility index (Phi) is 6.55. The van der Waals surface area contributed by atoms with E-state index in [2.05, 4.69) is 0 Å². The molecule has 3 N–H and O–H groups in total. The maximum absolute atomic E-state index is 13.7. The van der Waals surface area contributed by atoms with E-state index < -0.39 is 23.8 Å². The fourth-order valence-electron chi connectivity index (χ4n) is 2.05. The van der Waals surface area contributed by atoms with Crippen molar-refractivity contribution in [3.8, 4) is 0 Å². The summed E-state index contributed by atoms with van der Waals surface area (Å²) in [5.41, 5.74) is 6.25. The molecular formula is C15H15Cl2F2NO.